The molecule has 152 valence electrons. The molecule has 1 aliphatic heterocycles. The van der Waals surface area contributed by atoms with Crippen LogP contribution in [0.15, 0.2) is 58.1 Å². The van der Waals surface area contributed by atoms with E-state index < -0.39 is 0 Å². The summed E-state index contributed by atoms with van der Waals surface area (Å²) in [5.41, 5.74) is 1.26. The minimum Gasteiger partial charge on any atom is -0.469 e. The highest BCUT2D eigenvalue weighted by atomic mass is 16.3. The SMILES string of the molecule is CC(NC(=NCCc1ccco1)NC1CN(C(C)C)CC1C)c1ccccc1. The second-order valence-corrected chi connectivity index (χ2v) is 8.11. The third-order valence-corrected chi connectivity index (χ3v) is 5.55. The number of nitrogens with zero attached hydrogens (tertiary/aromatic N) is 2. The quantitative estimate of drug-likeness (QED) is 0.564. The van der Waals surface area contributed by atoms with Crippen LogP contribution in [0.25, 0.3) is 0 Å². The Morgan fingerprint density at radius 2 is 1.93 bits per heavy atom. The van der Waals surface area contributed by atoms with Crippen molar-refractivity contribution in [2.75, 3.05) is 19.6 Å². The molecule has 1 aliphatic rings. The molecule has 3 atom stereocenters. The molecule has 0 bridgehead atoms. The van der Waals surface area contributed by atoms with Gasteiger partial charge in [0.1, 0.15) is 5.76 Å². The normalized spacial score (nSPS) is 21.8. The molecular formula is C23H34N4O. The number of guanidine groups is 1. The van der Waals surface area contributed by atoms with Crippen molar-refractivity contribution in [3.63, 3.8) is 0 Å². The van der Waals surface area contributed by atoms with Crippen molar-refractivity contribution >= 4 is 5.96 Å². The van der Waals surface area contributed by atoms with Gasteiger partial charge >= 0.3 is 0 Å². The largest absolute Gasteiger partial charge is 0.469 e. The number of hydrogen-bond acceptors (Lipinski definition) is 3. The van der Waals surface area contributed by atoms with Gasteiger partial charge in [-0.15, -0.1) is 0 Å². The molecule has 3 unspecified atom stereocenters. The first-order valence-corrected chi connectivity index (χ1v) is 10.4. The van der Waals surface area contributed by atoms with Crippen LogP contribution in [-0.4, -0.2) is 42.6 Å². The summed E-state index contributed by atoms with van der Waals surface area (Å²) in [6.45, 7) is 11.9. The Bertz CT molecular complexity index is 726. The molecule has 2 heterocycles. The Kier molecular flexibility index (Phi) is 7.15. The smallest absolute Gasteiger partial charge is 0.192 e. The maximum absolute atomic E-state index is 5.44. The summed E-state index contributed by atoms with van der Waals surface area (Å²) in [7, 11) is 0. The Morgan fingerprint density at radius 1 is 1.14 bits per heavy atom. The molecule has 2 N–H and O–H groups in total. The lowest BCUT2D eigenvalue weighted by Crippen LogP contribution is -2.47. The standard InChI is InChI=1S/C23H34N4O/c1-17(2)27-15-18(3)22(16-27)26-23(24-13-12-21-11-8-14-28-21)25-19(4)20-9-6-5-7-10-20/h5-11,14,17-19,22H,12-13,15-16H2,1-4H3,(H2,24,25,26). The lowest BCUT2D eigenvalue weighted by atomic mass is 10.1. The van der Waals surface area contributed by atoms with Crippen LogP contribution in [-0.2, 0) is 6.42 Å². The molecule has 1 aromatic heterocycles. The first-order valence-electron chi connectivity index (χ1n) is 10.4. The number of nitrogens with one attached hydrogen (secondary N) is 2. The van der Waals surface area contributed by atoms with Crippen LogP contribution in [0.1, 0.15) is 45.1 Å². The molecule has 0 saturated carbocycles. The van der Waals surface area contributed by atoms with Gasteiger partial charge in [-0.2, -0.15) is 0 Å². The predicted molar refractivity (Wildman–Crippen MR) is 116 cm³/mol. The van der Waals surface area contributed by atoms with Crippen LogP contribution in [0, 0.1) is 5.92 Å². The maximum atomic E-state index is 5.44. The van der Waals surface area contributed by atoms with Gasteiger partial charge in [-0.3, -0.25) is 9.89 Å². The van der Waals surface area contributed by atoms with Gasteiger partial charge in [-0.25, -0.2) is 0 Å². The van der Waals surface area contributed by atoms with E-state index >= 15 is 0 Å². The molecule has 5 heteroatoms. The van der Waals surface area contributed by atoms with Crippen LogP contribution in [0.2, 0.25) is 0 Å². The van der Waals surface area contributed by atoms with E-state index in [1.165, 1.54) is 5.56 Å². The van der Waals surface area contributed by atoms with Gasteiger partial charge in [0.2, 0.25) is 0 Å². The van der Waals surface area contributed by atoms with Gasteiger partial charge in [0.25, 0.3) is 0 Å². The van der Waals surface area contributed by atoms with Crippen molar-refractivity contribution < 1.29 is 4.42 Å². The van der Waals surface area contributed by atoms with E-state index in [2.05, 4.69) is 67.5 Å². The van der Waals surface area contributed by atoms with Gasteiger partial charge in [-0.1, -0.05) is 37.3 Å². The average molecular weight is 383 g/mol. The fourth-order valence-electron chi connectivity index (χ4n) is 3.69. The Hall–Kier alpha value is -2.27. The lowest BCUT2D eigenvalue weighted by Gasteiger charge is -2.24. The van der Waals surface area contributed by atoms with Crippen molar-refractivity contribution in [3.8, 4) is 0 Å². The van der Waals surface area contributed by atoms with E-state index in [1.54, 1.807) is 6.26 Å². The predicted octanol–water partition coefficient (Wildman–Crippen LogP) is 3.85. The molecule has 3 rings (SSSR count). The Labute approximate surface area is 169 Å². The second-order valence-electron chi connectivity index (χ2n) is 8.11. The molecule has 0 amide bonds. The van der Waals surface area contributed by atoms with Crippen LogP contribution < -0.4 is 10.6 Å². The van der Waals surface area contributed by atoms with Crippen molar-refractivity contribution in [2.45, 2.75) is 52.2 Å². The summed E-state index contributed by atoms with van der Waals surface area (Å²) < 4.78 is 5.44. The zero-order valence-electron chi connectivity index (χ0n) is 17.6. The zero-order chi connectivity index (χ0) is 19.9. The van der Waals surface area contributed by atoms with Gasteiger partial charge in [0, 0.05) is 38.1 Å². The molecule has 1 aromatic carbocycles. The number of furan rings is 1. The molecule has 1 saturated heterocycles. The Morgan fingerprint density at radius 3 is 2.57 bits per heavy atom. The highest BCUT2D eigenvalue weighted by Gasteiger charge is 2.31. The van der Waals surface area contributed by atoms with Crippen LogP contribution >= 0.6 is 0 Å². The van der Waals surface area contributed by atoms with Crippen LogP contribution in [0.5, 0.6) is 0 Å². The minimum absolute atomic E-state index is 0.189. The zero-order valence-corrected chi connectivity index (χ0v) is 17.6. The summed E-state index contributed by atoms with van der Waals surface area (Å²) >= 11 is 0. The van der Waals surface area contributed by atoms with E-state index in [9.17, 15) is 0 Å². The van der Waals surface area contributed by atoms with Gasteiger partial charge in [0.05, 0.1) is 12.3 Å². The number of benzene rings is 1. The van der Waals surface area contributed by atoms with Crippen molar-refractivity contribution in [1.29, 1.82) is 0 Å². The summed E-state index contributed by atoms with van der Waals surface area (Å²) in [5.74, 6) is 2.44. The van der Waals surface area contributed by atoms with Gasteiger partial charge in [0.15, 0.2) is 5.96 Å². The van der Waals surface area contributed by atoms with Gasteiger partial charge in [-0.05, 0) is 44.4 Å². The fourth-order valence-corrected chi connectivity index (χ4v) is 3.69. The maximum Gasteiger partial charge on any atom is 0.192 e. The monoisotopic (exact) mass is 382 g/mol. The van der Waals surface area contributed by atoms with Crippen molar-refractivity contribution in [3.05, 3.63) is 60.1 Å². The number of hydrogen-bond donors (Lipinski definition) is 2. The molecular weight excluding hydrogens is 348 g/mol. The molecule has 5 nitrogen and oxygen atoms in total. The van der Waals surface area contributed by atoms with Crippen LogP contribution in [0.3, 0.4) is 0 Å². The minimum atomic E-state index is 0.189. The molecule has 1 fully saturated rings. The van der Waals surface area contributed by atoms with E-state index in [1.807, 2.05) is 18.2 Å². The summed E-state index contributed by atoms with van der Waals surface area (Å²) in [5, 5.41) is 7.29. The molecule has 0 radical (unpaired) electrons. The van der Waals surface area contributed by atoms with Crippen LogP contribution in [0.4, 0.5) is 0 Å². The van der Waals surface area contributed by atoms with E-state index in [4.69, 9.17) is 9.41 Å². The van der Waals surface area contributed by atoms with E-state index in [-0.39, 0.29) is 6.04 Å². The highest BCUT2D eigenvalue weighted by Crippen LogP contribution is 2.19. The third kappa shape index (κ3) is 5.61. The number of likely N-dealkylation sites (tertiary alicyclic amines) is 1. The van der Waals surface area contributed by atoms with Crippen molar-refractivity contribution in [1.82, 2.24) is 15.5 Å². The molecule has 0 spiro atoms. The average Bonchev–Trinajstić information content (AvgIpc) is 3.32. The summed E-state index contributed by atoms with van der Waals surface area (Å²) in [4.78, 5) is 7.38. The van der Waals surface area contributed by atoms with Crippen molar-refractivity contribution in [2.24, 2.45) is 10.9 Å². The molecule has 2 aromatic rings. The Balaban J connectivity index is 1.66. The van der Waals surface area contributed by atoms with E-state index in [0.717, 1.165) is 31.2 Å². The topological polar surface area (TPSA) is 52.8 Å². The fraction of sp³-hybridized carbons (Fsp3) is 0.522. The number of aliphatic imine (C=N–C) groups is 1. The lowest BCUT2D eigenvalue weighted by molar-refractivity contribution is 0.265. The summed E-state index contributed by atoms with van der Waals surface area (Å²) in [6.07, 6.45) is 2.52. The van der Waals surface area contributed by atoms with Gasteiger partial charge < -0.3 is 15.1 Å². The number of rotatable bonds is 7. The molecule has 28 heavy (non-hydrogen) atoms. The first kappa shape index (κ1) is 20.5. The highest BCUT2D eigenvalue weighted by molar-refractivity contribution is 5.80. The first-order chi connectivity index (χ1) is 13.5. The summed E-state index contributed by atoms with van der Waals surface area (Å²) in [6, 6.07) is 15.6. The molecule has 0 aliphatic carbocycles. The second kappa shape index (κ2) is 9.78. The third-order valence-electron chi connectivity index (χ3n) is 5.55. The van der Waals surface area contributed by atoms with E-state index in [0.29, 0.717) is 24.5 Å².